The van der Waals surface area contributed by atoms with Gasteiger partial charge in [0.2, 0.25) is 5.91 Å². The third-order valence-corrected chi connectivity index (χ3v) is 3.73. The number of amides is 1. The Kier molecular flexibility index (Phi) is 4.22. The highest BCUT2D eigenvalue weighted by Gasteiger charge is 2.30. The van der Waals surface area contributed by atoms with Gasteiger partial charge in [-0.25, -0.2) is 0 Å². The Morgan fingerprint density at radius 1 is 1.37 bits per heavy atom. The lowest BCUT2D eigenvalue weighted by atomic mass is 10.1. The van der Waals surface area contributed by atoms with Crippen LogP contribution in [0.5, 0.6) is 0 Å². The first-order chi connectivity index (χ1) is 9.04. The summed E-state index contributed by atoms with van der Waals surface area (Å²) >= 11 is 0. The molecule has 1 amide bonds. The van der Waals surface area contributed by atoms with E-state index >= 15 is 0 Å². The third kappa shape index (κ3) is 2.80. The van der Waals surface area contributed by atoms with Crippen molar-refractivity contribution in [1.29, 1.82) is 0 Å². The molecule has 1 heterocycles. The Bertz CT molecular complexity index is 453. The molecule has 19 heavy (non-hydrogen) atoms. The molecule has 1 saturated heterocycles. The minimum Gasteiger partial charge on any atom is -0.394 e. The normalized spacial score (nSPS) is 24.4. The first-order valence-corrected chi connectivity index (χ1v) is 6.79. The van der Waals surface area contributed by atoms with E-state index in [9.17, 15) is 9.90 Å². The molecular formula is C15H22N2O2. The standard InChI is InChI=1S/C15H22N2O2/c1-10-5-4-6-11(2)14(10)17-8-7-12(3)16-13(9-18)15(17)19/h4-6,12-13,16,18H,7-9H2,1-3H3. The van der Waals surface area contributed by atoms with Gasteiger partial charge in [0, 0.05) is 18.3 Å². The lowest BCUT2D eigenvalue weighted by molar-refractivity contribution is -0.121. The maximum atomic E-state index is 12.5. The molecule has 1 fully saturated rings. The molecule has 4 nitrogen and oxygen atoms in total. The second kappa shape index (κ2) is 5.72. The number of aryl methyl sites for hydroxylation is 2. The highest BCUT2D eigenvalue weighted by atomic mass is 16.3. The van der Waals surface area contributed by atoms with Crippen molar-refractivity contribution in [2.24, 2.45) is 0 Å². The fourth-order valence-electron chi connectivity index (χ4n) is 2.70. The van der Waals surface area contributed by atoms with Gasteiger partial charge in [0.25, 0.3) is 0 Å². The molecule has 1 aromatic carbocycles. The summed E-state index contributed by atoms with van der Waals surface area (Å²) in [6.45, 7) is 6.61. The Morgan fingerprint density at radius 3 is 2.58 bits per heavy atom. The smallest absolute Gasteiger partial charge is 0.246 e. The summed E-state index contributed by atoms with van der Waals surface area (Å²) in [6.07, 6.45) is 0.885. The zero-order chi connectivity index (χ0) is 14.0. The molecule has 1 aliphatic rings. The van der Waals surface area contributed by atoms with Gasteiger partial charge in [-0.05, 0) is 38.3 Å². The fraction of sp³-hybridized carbons (Fsp3) is 0.533. The fourth-order valence-corrected chi connectivity index (χ4v) is 2.70. The molecule has 0 saturated carbocycles. The number of hydrogen-bond donors (Lipinski definition) is 2. The average molecular weight is 262 g/mol. The molecule has 0 bridgehead atoms. The quantitative estimate of drug-likeness (QED) is 0.846. The number of nitrogens with zero attached hydrogens (tertiary/aromatic N) is 1. The van der Waals surface area contributed by atoms with Crippen LogP contribution in [0, 0.1) is 13.8 Å². The van der Waals surface area contributed by atoms with Crippen molar-refractivity contribution in [2.75, 3.05) is 18.1 Å². The van der Waals surface area contributed by atoms with Crippen molar-refractivity contribution in [3.8, 4) is 0 Å². The summed E-state index contributed by atoms with van der Waals surface area (Å²) < 4.78 is 0. The predicted octanol–water partition coefficient (Wildman–Crippen LogP) is 1.38. The van der Waals surface area contributed by atoms with Gasteiger partial charge in [0.1, 0.15) is 6.04 Å². The minimum absolute atomic E-state index is 0.0377. The molecule has 0 radical (unpaired) electrons. The molecule has 4 heteroatoms. The lowest BCUT2D eigenvalue weighted by Crippen LogP contribution is -2.47. The highest BCUT2D eigenvalue weighted by molar-refractivity contribution is 5.98. The van der Waals surface area contributed by atoms with Crippen molar-refractivity contribution < 1.29 is 9.90 Å². The largest absolute Gasteiger partial charge is 0.394 e. The van der Waals surface area contributed by atoms with Gasteiger partial charge < -0.3 is 15.3 Å². The van der Waals surface area contributed by atoms with Crippen molar-refractivity contribution >= 4 is 11.6 Å². The predicted molar refractivity (Wildman–Crippen MR) is 76.4 cm³/mol. The number of hydrogen-bond acceptors (Lipinski definition) is 3. The Morgan fingerprint density at radius 2 is 2.00 bits per heavy atom. The summed E-state index contributed by atoms with van der Waals surface area (Å²) in [5, 5.41) is 12.6. The van der Waals surface area contributed by atoms with Crippen LogP contribution >= 0.6 is 0 Å². The van der Waals surface area contributed by atoms with Crippen molar-refractivity contribution in [3.05, 3.63) is 29.3 Å². The molecule has 1 aliphatic heterocycles. The third-order valence-electron chi connectivity index (χ3n) is 3.73. The van der Waals surface area contributed by atoms with Crippen LogP contribution in [-0.4, -0.2) is 36.2 Å². The van der Waals surface area contributed by atoms with Gasteiger partial charge in [-0.3, -0.25) is 4.79 Å². The number of aliphatic hydroxyl groups is 1. The molecule has 0 spiro atoms. The molecule has 1 aromatic rings. The number of rotatable bonds is 2. The number of anilines is 1. The van der Waals surface area contributed by atoms with Crippen LogP contribution in [-0.2, 0) is 4.79 Å². The molecule has 2 rings (SSSR count). The molecule has 0 aliphatic carbocycles. The van der Waals surface area contributed by atoms with Gasteiger partial charge >= 0.3 is 0 Å². The zero-order valence-corrected chi connectivity index (χ0v) is 11.8. The zero-order valence-electron chi connectivity index (χ0n) is 11.8. The Hall–Kier alpha value is -1.39. The van der Waals surface area contributed by atoms with Gasteiger partial charge in [-0.2, -0.15) is 0 Å². The minimum atomic E-state index is -0.503. The number of para-hydroxylation sites is 1. The second-order valence-corrected chi connectivity index (χ2v) is 5.32. The Labute approximate surface area is 114 Å². The van der Waals surface area contributed by atoms with Gasteiger partial charge in [-0.15, -0.1) is 0 Å². The molecule has 2 unspecified atom stereocenters. The second-order valence-electron chi connectivity index (χ2n) is 5.32. The van der Waals surface area contributed by atoms with E-state index in [4.69, 9.17) is 0 Å². The summed E-state index contributed by atoms with van der Waals surface area (Å²) in [5.74, 6) is -0.0377. The van der Waals surface area contributed by atoms with Crippen LogP contribution < -0.4 is 10.2 Å². The van der Waals surface area contributed by atoms with E-state index in [1.54, 1.807) is 0 Å². The number of nitrogens with one attached hydrogen (secondary N) is 1. The number of benzene rings is 1. The average Bonchev–Trinajstić information content (AvgIpc) is 2.51. The lowest BCUT2D eigenvalue weighted by Gasteiger charge is -2.26. The number of carbonyl (C=O) groups excluding carboxylic acids is 1. The first-order valence-electron chi connectivity index (χ1n) is 6.79. The van der Waals surface area contributed by atoms with Gasteiger partial charge in [0.05, 0.1) is 6.61 Å². The van der Waals surface area contributed by atoms with Crippen LogP contribution in [0.1, 0.15) is 24.5 Å². The van der Waals surface area contributed by atoms with Crippen LogP contribution in [0.25, 0.3) is 0 Å². The maximum Gasteiger partial charge on any atom is 0.246 e. The Balaban J connectivity index is 2.39. The highest BCUT2D eigenvalue weighted by Crippen LogP contribution is 2.26. The molecule has 2 atom stereocenters. The summed E-state index contributed by atoms with van der Waals surface area (Å²) in [6, 6.07) is 5.77. The first kappa shape index (κ1) is 14.0. The van der Waals surface area contributed by atoms with E-state index in [-0.39, 0.29) is 18.6 Å². The summed E-state index contributed by atoms with van der Waals surface area (Å²) in [4.78, 5) is 14.4. The monoisotopic (exact) mass is 262 g/mol. The van der Waals surface area contributed by atoms with Crippen LogP contribution in [0.15, 0.2) is 18.2 Å². The van der Waals surface area contributed by atoms with E-state index in [0.29, 0.717) is 6.54 Å². The molecule has 104 valence electrons. The number of aliphatic hydroxyl groups excluding tert-OH is 1. The van der Waals surface area contributed by atoms with Gasteiger partial charge in [-0.1, -0.05) is 18.2 Å². The van der Waals surface area contributed by atoms with E-state index in [1.807, 2.05) is 43.9 Å². The number of carbonyl (C=O) groups is 1. The topological polar surface area (TPSA) is 52.6 Å². The van der Waals surface area contributed by atoms with Crippen LogP contribution in [0.2, 0.25) is 0 Å². The SMILES string of the molecule is Cc1cccc(C)c1N1CCC(C)NC(CO)C1=O. The molecule has 0 aromatic heterocycles. The molecule has 2 N–H and O–H groups in total. The van der Waals surface area contributed by atoms with Crippen molar-refractivity contribution in [2.45, 2.75) is 39.3 Å². The molecular weight excluding hydrogens is 240 g/mol. The van der Waals surface area contributed by atoms with E-state index in [2.05, 4.69) is 5.32 Å². The summed E-state index contributed by atoms with van der Waals surface area (Å²) in [5.41, 5.74) is 3.18. The van der Waals surface area contributed by atoms with E-state index in [0.717, 1.165) is 23.2 Å². The van der Waals surface area contributed by atoms with Crippen molar-refractivity contribution in [3.63, 3.8) is 0 Å². The van der Waals surface area contributed by atoms with E-state index < -0.39 is 6.04 Å². The van der Waals surface area contributed by atoms with Gasteiger partial charge in [0.15, 0.2) is 0 Å². The van der Waals surface area contributed by atoms with Crippen LogP contribution in [0.3, 0.4) is 0 Å². The van der Waals surface area contributed by atoms with Crippen molar-refractivity contribution in [1.82, 2.24) is 5.32 Å². The van der Waals surface area contributed by atoms with E-state index in [1.165, 1.54) is 0 Å². The summed E-state index contributed by atoms with van der Waals surface area (Å²) in [7, 11) is 0. The van der Waals surface area contributed by atoms with Crippen LogP contribution in [0.4, 0.5) is 5.69 Å². The maximum absolute atomic E-state index is 12.5.